The van der Waals surface area contributed by atoms with Gasteiger partial charge in [0.1, 0.15) is 5.69 Å². The second-order valence-corrected chi connectivity index (χ2v) is 1.84. The van der Waals surface area contributed by atoms with Crippen molar-refractivity contribution in [3.63, 3.8) is 0 Å². The van der Waals surface area contributed by atoms with Crippen LogP contribution in [0.4, 0.5) is 0 Å². The van der Waals surface area contributed by atoms with Crippen molar-refractivity contribution in [2.75, 3.05) is 0 Å². The van der Waals surface area contributed by atoms with E-state index in [0.29, 0.717) is 5.56 Å². The maximum atomic E-state index is 10.3. The van der Waals surface area contributed by atoms with Crippen LogP contribution in [-0.4, -0.2) is 21.2 Å². The zero-order chi connectivity index (χ0) is 7.56. The van der Waals surface area contributed by atoms with Crippen LogP contribution in [0.2, 0.25) is 0 Å². The molecule has 0 atom stereocenters. The van der Waals surface area contributed by atoms with E-state index in [4.69, 9.17) is 10.2 Å². The van der Waals surface area contributed by atoms with Crippen LogP contribution in [-0.2, 0) is 6.61 Å². The second kappa shape index (κ2) is 2.53. The Morgan fingerprint density at radius 2 is 2.40 bits per heavy atom. The number of hydrogen-bond donors (Lipinski definition) is 3. The Hall–Kier alpha value is -1.29. The topological polar surface area (TPSA) is 73.3 Å². The first-order valence-electron chi connectivity index (χ1n) is 2.76. The standard InChI is InChI=1S/C6H7NO3/c8-3-4-1-2-7-5(4)6(9)10/h1-2,7-8H,3H2,(H,9,10). The normalized spacial score (nSPS) is 9.70. The number of H-pyrrole nitrogens is 1. The van der Waals surface area contributed by atoms with Crippen LogP contribution in [0.3, 0.4) is 0 Å². The third kappa shape index (κ3) is 1.01. The van der Waals surface area contributed by atoms with Gasteiger partial charge in [-0.3, -0.25) is 0 Å². The fourth-order valence-electron chi connectivity index (χ4n) is 0.732. The first-order chi connectivity index (χ1) is 4.75. The van der Waals surface area contributed by atoms with Crippen LogP contribution in [0.25, 0.3) is 0 Å². The van der Waals surface area contributed by atoms with Crippen molar-refractivity contribution in [3.05, 3.63) is 23.5 Å². The van der Waals surface area contributed by atoms with Gasteiger partial charge in [0.05, 0.1) is 6.61 Å². The molecule has 4 heteroatoms. The lowest BCUT2D eigenvalue weighted by Crippen LogP contribution is -2.00. The van der Waals surface area contributed by atoms with E-state index < -0.39 is 5.97 Å². The Morgan fingerprint density at radius 3 is 2.80 bits per heavy atom. The molecule has 1 rings (SSSR count). The number of aromatic nitrogens is 1. The molecule has 0 saturated carbocycles. The van der Waals surface area contributed by atoms with E-state index in [-0.39, 0.29) is 12.3 Å². The third-order valence-corrected chi connectivity index (χ3v) is 1.22. The first-order valence-corrected chi connectivity index (χ1v) is 2.76. The quantitative estimate of drug-likeness (QED) is 0.551. The zero-order valence-electron chi connectivity index (χ0n) is 5.16. The van der Waals surface area contributed by atoms with E-state index in [1.165, 1.54) is 12.3 Å². The zero-order valence-corrected chi connectivity index (χ0v) is 5.16. The van der Waals surface area contributed by atoms with E-state index in [9.17, 15) is 4.79 Å². The fourth-order valence-corrected chi connectivity index (χ4v) is 0.732. The summed E-state index contributed by atoms with van der Waals surface area (Å²) in [4.78, 5) is 12.8. The van der Waals surface area contributed by atoms with Crippen LogP contribution in [0.5, 0.6) is 0 Å². The van der Waals surface area contributed by atoms with Crippen molar-refractivity contribution in [1.82, 2.24) is 4.98 Å². The Labute approximate surface area is 57.1 Å². The lowest BCUT2D eigenvalue weighted by molar-refractivity contribution is 0.0687. The molecule has 0 saturated heterocycles. The van der Waals surface area contributed by atoms with E-state index >= 15 is 0 Å². The highest BCUT2D eigenvalue weighted by atomic mass is 16.4. The van der Waals surface area contributed by atoms with Crippen molar-refractivity contribution in [2.45, 2.75) is 6.61 Å². The first kappa shape index (κ1) is 6.82. The van der Waals surface area contributed by atoms with Gasteiger partial charge in [-0.15, -0.1) is 0 Å². The minimum atomic E-state index is -1.05. The van der Waals surface area contributed by atoms with Crippen molar-refractivity contribution < 1.29 is 15.0 Å². The van der Waals surface area contributed by atoms with Gasteiger partial charge in [0.25, 0.3) is 0 Å². The molecule has 0 aliphatic rings. The molecule has 0 bridgehead atoms. The molecule has 3 N–H and O–H groups in total. The highest BCUT2D eigenvalue weighted by Gasteiger charge is 2.08. The number of rotatable bonds is 2. The molecule has 1 heterocycles. The predicted molar refractivity (Wildman–Crippen MR) is 33.7 cm³/mol. The molecule has 0 aliphatic heterocycles. The summed E-state index contributed by atoms with van der Waals surface area (Å²) in [6, 6.07) is 1.53. The average Bonchev–Trinajstić information content (AvgIpc) is 2.33. The molecular weight excluding hydrogens is 134 g/mol. The van der Waals surface area contributed by atoms with Gasteiger partial charge in [0.2, 0.25) is 0 Å². The number of hydrogen-bond acceptors (Lipinski definition) is 2. The molecule has 0 radical (unpaired) electrons. The number of carbonyl (C=O) groups is 1. The lowest BCUT2D eigenvalue weighted by atomic mass is 10.2. The largest absolute Gasteiger partial charge is 0.477 e. The van der Waals surface area contributed by atoms with Crippen LogP contribution >= 0.6 is 0 Å². The van der Waals surface area contributed by atoms with E-state index in [2.05, 4.69) is 4.98 Å². The van der Waals surface area contributed by atoms with Gasteiger partial charge in [-0.05, 0) is 6.07 Å². The minimum absolute atomic E-state index is 0.0579. The Balaban J connectivity index is 3.01. The summed E-state index contributed by atoms with van der Waals surface area (Å²) in [5.74, 6) is -1.05. The van der Waals surface area contributed by atoms with Gasteiger partial charge in [-0.1, -0.05) is 0 Å². The molecule has 0 fully saturated rings. The Kier molecular flexibility index (Phi) is 1.73. The van der Waals surface area contributed by atoms with Gasteiger partial charge in [0, 0.05) is 11.8 Å². The summed E-state index contributed by atoms with van der Waals surface area (Å²) in [5.41, 5.74) is 0.468. The van der Waals surface area contributed by atoms with E-state index in [1.807, 2.05) is 0 Å². The number of aliphatic hydroxyl groups is 1. The summed E-state index contributed by atoms with van der Waals surface area (Å²) in [5, 5.41) is 17.0. The summed E-state index contributed by atoms with van der Waals surface area (Å²) >= 11 is 0. The summed E-state index contributed by atoms with van der Waals surface area (Å²) < 4.78 is 0. The Bertz CT molecular complexity index is 241. The SMILES string of the molecule is O=C(O)c1[nH]ccc1CO. The number of aliphatic hydroxyl groups excluding tert-OH is 1. The van der Waals surface area contributed by atoms with E-state index in [0.717, 1.165) is 0 Å². The number of aromatic carboxylic acids is 1. The van der Waals surface area contributed by atoms with Crippen molar-refractivity contribution in [3.8, 4) is 0 Å². The van der Waals surface area contributed by atoms with Crippen molar-refractivity contribution in [2.24, 2.45) is 0 Å². The fraction of sp³-hybridized carbons (Fsp3) is 0.167. The summed E-state index contributed by atoms with van der Waals surface area (Å²) in [6.45, 7) is -0.245. The Morgan fingerprint density at radius 1 is 1.70 bits per heavy atom. The number of carboxylic acid groups (broad SMARTS) is 1. The monoisotopic (exact) mass is 141 g/mol. The van der Waals surface area contributed by atoms with E-state index in [1.54, 1.807) is 0 Å². The molecule has 10 heavy (non-hydrogen) atoms. The second-order valence-electron chi connectivity index (χ2n) is 1.84. The molecule has 54 valence electrons. The highest BCUT2D eigenvalue weighted by molar-refractivity contribution is 5.87. The van der Waals surface area contributed by atoms with Crippen LogP contribution in [0.1, 0.15) is 16.1 Å². The lowest BCUT2D eigenvalue weighted by Gasteiger charge is -1.91. The van der Waals surface area contributed by atoms with Crippen LogP contribution < -0.4 is 0 Å². The number of nitrogens with one attached hydrogen (secondary N) is 1. The molecule has 0 amide bonds. The van der Waals surface area contributed by atoms with Gasteiger partial charge < -0.3 is 15.2 Å². The van der Waals surface area contributed by atoms with Gasteiger partial charge in [-0.25, -0.2) is 4.79 Å². The maximum absolute atomic E-state index is 10.3. The molecule has 0 spiro atoms. The molecule has 4 nitrogen and oxygen atoms in total. The molecule has 1 aromatic heterocycles. The highest BCUT2D eigenvalue weighted by Crippen LogP contribution is 2.05. The third-order valence-electron chi connectivity index (χ3n) is 1.22. The van der Waals surface area contributed by atoms with Gasteiger partial charge >= 0.3 is 5.97 Å². The van der Waals surface area contributed by atoms with Gasteiger partial charge in [-0.2, -0.15) is 0 Å². The van der Waals surface area contributed by atoms with Gasteiger partial charge in [0.15, 0.2) is 0 Å². The minimum Gasteiger partial charge on any atom is -0.477 e. The smallest absolute Gasteiger partial charge is 0.352 e. The number of aromatic amines is 1. The summed E-state index contributed by atoms with van der Waals surface area (Å²) in [7, 11) is 0. The predicted octanol–water partition coefficient (Wildman–Crippen LogP) is 0.205. The molecular formula is C6H7NO3. The molecule has 0 aliphatic carbocycles. The van der Waals surface area contributed by atoms with Crippen molar-refractivity contribution >= 4 is 5.97 Å². The summed E-state index contributed by atoms with van der Waals surface area (Å²) in [6.07, 6.45) is 1.48. The van der Waals surface area contributed by atoms with Crippen molar-refractivity contribution in [1.29, 1.82) is 0 Å². The van der Waals surface area contributed by atoms with Crippen LogP contribution in [0.15, 0.2) is 12.3 Å². The maximum Gasteiger partial charge on any atom is 0.352 e. The molecule has 0 aromatic carbocycles. The van der Waals surface area contributed by atoms with Crippen LogP contribution in [0, 0.1) is 0 Å². The molecule has 1 aromatic rings. The molecule has 0 unspecified atom stereocenters. The number of carboxylic acids is 1. The average molecular weight is 141 g/mol.